The highest BCUT2D eigenvalue weighted by atomic mass is 79.9. The molecule has 0 saturated heterocycles. The maximum Gasteiger partial charge on any atom is 0.174 e. The summed E-state index contributed by atoms with van der Waals surface area (Å²) in [6.07, 6.45) is 1.65. The zero-order valence-corrected chi connectivity index (χ0v) is 9.24. The van der Waals surface area contributed by atoms with Crippen molar-refractivity contribution in [2.75, 3.05) is 0 Å². The zero-order chi connectivity index (χ0) is 9.20. The Labute approximate surface area is 80.8 Å². The largest absolute Gasteiger partial charge is 0.372 e. The van der Waals surface area contributed by atoms with Gasteiger partial charge in [0.15, 0.2) is 4.58 Å². The van der Waals surface area contributed by atoms with Gasteiger partial charge in [0.05, 0.1) is 11.7 Å². The topological polar surface area (TPSA) is 9.23 Å². The molecule has 70 valence electrons. The van der Waals surface area contributed by atoms with Crippen LogP contribution in [0.5, 0.6) is 0 Å². The van der Waals surface area contributed by atoms with Crippen LogP contribution in [0.2, 0.25) is 0 Å². The van der Waals surface area contributed by atoms with E-state index in [1.165, 1.54) is 0 Å². The number of hydrogen-bond donors (Lipinski definition) is 0. The molecule has 2 aliphatic rings. The highest BCUT2D eigenvalue weighted by molar-refractivity contribution is 9.10. The molecule has 1 spiro atoms. The summed E-state index contributed by atoms with van der Waals surface area (Å²) in [6, 6.07) is 0. The third kappa shape index (κ3) is 1.22. The molecule has 2 saturated carbocycles. The van der Waals surface area contributed by atoms with E-state index >= 15 is 0 Å². The summed E-state index contributed by atoms with van der Waals surface area (Å²) in [6.45, 7) is 6.03. The van der Waals surface area contributed by atoms with Crippen LogP contribution in [0.3, 0.4) is 0 Å². The first-order valence-electron chi connectivity index (χ1n) is 4.33. The first-order valence-corrected chi connectivity index (χ1v) is 5.12. The minimum Gasteiger partial charge on any atom is -0.372 e. The normalized spacial score (nSPS) is 51.2. The van der Waals surface area contributed by atoms with Crippen LogP contribution in [0.25, 0.3) is 0 Å². The fourth-order valence-electron chi connectivity index (χ4n) is 1.78. The molecule has 0 N–H and O–H groups in total. The molecule has 0 heterocycles. The Balaban J connectivity index is 1.91. The van der Waals surface area contributed by atoms with Crippen LogP contribution in [0, 0.1) is 5.41 Å². The Morgan fingerprint density at radius 1 is 1.50 bits per heavy atom. The molecule has 3 heteroatoms. The summed E-state index contributed by atoms with van der Waals surface area (Å²) >= 11 is 3.07. The van der Waals surface area contributed by atoms with Crippen LogP contribution in [0.1, 0.15) is 33.6 Å². The van der Waals surface area contributed by atoms with E-state index in [0.717, 1.165) is 6.42 Å². The standard InChI is InChI=1S/C9H14BrFO/c1-7(2,3)12-6-4-8(6)5-9(8,10)11/h6H,4-5H2,1-3H3. The summed E-state index contributed by atoms with van der Waals surface area (Å²) < 4.78 is 17.9. The van der Waals surface area contributed by atoms with E-state index in [0.29, 0.717) is 6.42 Å². The number of ether oxygens (including phenoxy) is 1. The monoisotopic (exact) mass is 236 g/mol. The molecule has 0 amide bonds. The molecule has 2 fully saturated rings. The molecular weight excluding hydrogens is 223 g/mol. The van der Waals surface area contributed by atoms with Gasteiger partial charge in [0.1, 0.15) is 0 Å². The molecule has 3 atom stereocenters. The van der Waals surface area contributed by atoms with Crippen molar-refractivity contribution >= 4 is 15.9 Å². The van der Waals surface area contributed by atoms with E-state index in [1.807, 2.05) is 20.8 Å². The quantitative estimate of drug-likeness (QED) is 0.637. The van der Waals surface area contributed by atoms with Crippen molar-refractivity contribution in [2.45, 2.75) is 49.9 Å². The molecule has 0 aromatic rings. The molecule has 2 rings (SSSR count). The minimum atomic E-state index is -1.12. The maximum atomic E-state index is 13.3. The van der Waals surface area contributed by atoms with Gasteiger partial charge >= 0.3 is 0 Å². The highest BCUT2D eigenvalue weighted by Crippen LogP contribution is 2.78. The van der Waals surface area contributed by atoms with E-state index in [-0.39, 0.29) is 17.1 Å². The van der Waals surface area contributed by atoms with E-state index in [1.54, 1.807) is 0 Å². The van der Waals surface area contributed by atoms with Gasteiger partial charge in [-0.05, 0) is 43.1 Å². The third-order valence-corrected chi connectivity index (χ3v) is 3.71. The Kier molecular flexibility index (Phi) is 1.53. The molecule has 0 bridgehead atoms. The van der Waals surface area contributed by atoms with Gasteiger partial charge in [-0.3, -0.25) is 0 Å². The fourth-order valence-corrected chi connectivity index (χ4v) is 2.69. The smallest absolute Gasteiger partial charge is 0.174 e. The SMILES string of the molecule is CC(C)(C)OC1CC12CC2(F)Br. The predicted molar refractivity (Wildman–Crippen MR) is 49.1 cm³/mol. The van der Waals surface area contributed by atoms with Crippen LogP contribution >= 0.6 is 15.9 Å². The molecule has 12 heavy (non-hydrogen) atoms. The Morgan fingerprint density at radius 2 is 2.00 bits per heavy atom. The first kappa shape index (κ1) is 8.95. The fraction of sp³-hybridized carbons (Fsp3) is 1.00. The van der Waals surface area contributed by atoms with Crippen molar-refractivity contribution in [1.82, 2.24) is 0 Å². The van der Waals surface area contributed by atoms with Gasteiger partial charge in [0.2, 0.25) is 0 Å². The van der Waals surface area contributed by atoms with Crippen LogP contribution in [-0.4, -0.2) is 16.3 Å². The summed E-state index contributed by atoms with van der Waals surface area (Å²) in [4.78, 5) is 0. The van der Waals surface area contributed by atoms with E-state index < -0.39 is 4.58 Å². The molecule has 3 unspecified atom stereocenters. The Morgan fingerprint density at radius 3 is 2.25 bits per heavy atom. The lowest BCUT2D eigenvalue weighted by molar-refractivity contribution is -0.0256. The van der Waals surface area contributed by atoms with Crippen molar-refractivity contribution in [1.29, 1.82) is 0 Å². The second-order valence-corrected chi connectivity index (χ2v) is 6.22. The lowest BCUT2D eigenvalue weighted by Crippen LogP contribution is -2.22. The van der Waals surface area contributed by atoms with Gasteiger partial charge in [0, 0.05) is 11.8 Å². The highest BCUT2D eigenvalue weighted by Gasteiger charge is 2.82. The van der Waals surface area contributed by atoms with Gasteiger partial charge in [-0.1, -0.05) is 0 Å². The van der Waals surface area contributed by atoms with Crippen molar-refractivity contribution in [3.05, 3.63) is 0 Å². The summed E-state index contributed by atoms with van der Waals surface area (Å²) in [7, 11) is 0. The van der Waals surface area contributed by atoms with Crippen LogP contribution in [0.4, 0.5) is 4.39 Å². The molecule has 0 aromatic carbocycles. The number of alkyl halides is 2. The van der Waals surface area contributed by atoms with Crippen molar-refractivity contribution in [3.63, 3.8) is 0 Å². The van der Waals surface area contributed by atoms with Crippen molar-refractivity contribution < 1.29 is 9.13 Å². The zero-order valence-electron chi connectivity index (χ0n) is 7.66. The average molecular weight is 237 g/mol. The van der Waals surface area contributed by atoms with Gasteiger partial charge in [0.25, 0.3) is 0 Å². The number of halogens is 2. The Hall–Kier alpha value is 0.370. The molecule has 1 nitrogen and oxygen atoms in total. The Bertz CT molecular complexity index is 221. The number of rotatable bonds is 1. The first-order chi connectivity index (χ1) is 5.27. The summed E-state index contributed by atoms with van der Waals surface area (Å²) in [5, 5.41) is 0. The van der Waals surface area contributed by atoms with E-state index in [9.17, 15) is 4.39 Å². The van der Waals surface area contributed by atoms with Crippen molar-refractivity contribution in [2.24, 2.45) is 5.41 Å². The predicted octanol–water partition coefficient (Wildman–Crippen LogP) is 3.02. The second-order valence-electron chi connectivity index (χ2n) is 4.96. The third-order valence-electron chi connectivity index (χ3n) is 2.64. The van der Waals surface area contributed by atoms with Crippen molar-refractivity contribution in [3.8, 4) is 0 Å². The van der Waals surface area contributed by atoms with Gasteiger partial charge in [-0.15, -0.1) is 0 Å². The minimum absolute atomic E-state index is 0.139. The van der Waals surface area contributed by atoms with Crippen LogP contribution in [0.15, 0.2) is 0 Å². The molecular formula is C9H14BrFO. The van der Waals surface area contributed by atoms with E-state index in [4.69, 9.17) is 4.74 Å². The molecule has 2 aliphatic carbocycles. The summed E-state index contributed by atoms with van der Waals surface area (Å²) in [5.41, 5.74) is -0.292. The van der Waals surface area contributed by atoms with Gasteiger partial charge < -0.3 is 4.74 Å². The van der Waals surface area contributed by atoms with Crippen LogP contribution < -0.4 is 0 Å². The molecule has 0 radical (unpaired) electrons. The van der Waals surface area contributed by atoms with Gasteiger partial charge in [-0.2, -0.15) is 0 Å². The van der Waals surface area contributed by atoms with Gasteiger partial charge in [-0.25, -0.2) is 4.39 Å². The average Bonchev–Trinajstić information content (AvgIpc) is 2.48. The molecule has 0 aliphatic heterocycles. The second kappa shape index (κ2) is 2.06. The van der Waals surface area contributed by atoms with E-state index in [2.05, 4.69) is 15.9 Å². The molecule has 0 aromatic heterocycles. The lowest BCUT2D eigenvalue weighted by atomic mass is 10.2. The number of hydrogen-bond acceptors (Lipinski definition) is 1. The summed E-state index contributed by atoms with van der Waals surface area (Å²) in [5.74, 6) is 0. The van der Waals surface area contributed by atoms with Crippen LogP contribution in [-0.2, 0) is 4.74 Å². The lowest BCUT2D eigenvalue weighted by Gasteiger charge is -2.19. The maximum absolute atomic E-state index is 13.3.